The lowest BCUT2D eigenvalue weighted by molar-refractivity contribution is 0.0648. The number of aromatic nitrogens is 1. The number of anilines is 1. The molecular formula is C15H21N3O. The summed E-state index contributed by atoms with van der Waals surface area (Å²) >= 11 is 0. The lowest BCUT2D eigenvalue weighted by Gasteiger charge is -2.27. The van der Waals surface area contributed by atoms with Crippen LogP contribution in [0, 0.1) is 17.2 Å². The summed E-state index contributed by atoms with van der Waals surface area (Å²) in [6.07, 6.45) is 8.16. The van der Waals surface area contributed by atoms with Crippen LogP contribution in [0.4, 0.5) is 5.82 Å². The van der Waals surface area contributed by atoms with Gasteiger partial charge in [0.15, 0.2) is 0 Å². The summed E-state index contributed by atoms with van der Waals surface area (Å²) in [5, 5.41) is 21.8. The highest BCUT2D eigenvalue weighted by molar-refractivity contribution is 5.38. The monoisotopic (exact) mass is 259 g/mol. The second kappa shape index (κ2) is 7.10. The van der Waals surface area contributed by atoms with Crippen LogP contribution in [0.5, 0.6) is 0 Å². The fraction of sp³-hybridized carbons (Fsp3) is 0.600. The molecule has 4 heteroatoms. The predicted octanol–water partition coefficient (Wildman–Crippen LogP) is 2.70. The largest absolute Gasteiger partial charge is 0.393 e. The molecule has 0 saturated heterocycles. The van der Waals surface area contributed by atoms with Gasteiger partial charge in [0.05, 0.1) is 11.7 Å². The standard InChI is InChI=1S/C15H21N3O/c16-10-12-7-8-15(18-11-12)17-9-3-5-13-4-1-2-6-14(13)19/h7-8,11,13-14,19H,1-6,9H2,(H,17,18). The molecule has 0 spiro atoms. The van der Waals surface area contributed by atoms with E-state index in [9.17, 15) is 5.11 Å². The third-order valence-electron chi connectivity index (χ3n) is 3.82. The third-order valence-corrected chi connectivity index (χ3v) is 3.82. The van der Waals surface area contributed by atoms with Crippen LogP contribution < -0.4 is 5.32 Å². The number of hydrogen-bond donors (Lipinski definition) is 2. The van der Waals surface area contributed by atoms with Crippen molar-refractivity contribution in [3.63, 3.8) is 0 Å². The van der Waals surface area contributed by atoms with Crippen LogP contribution in [0.2, 0.25) is 0 Å². The van der Waals surface area contributed by atoms with Crippen LogP contribution in [0.1, 0.15) is 44.1 Å². The maximum absolute atomic E-state index is 9.88. The molecule has 1 aliphatic carbocycles. The number of hydrogen-bond acceptors (Lipinski definition) is 4. The van der Waals surface area contributed by atoms with Crippen LogP contribution in [-0.4, -0.2) is 22.7 Å². The van der Waals surface area contributed by atoms with E-state index in [-0.39, 0.29) is 6.10 Å². The third kappa shape index (κ3) is 4.22. The number of nitriles is 1. The molecule has 1 aliphatic rings. The number of rotatable bonds is 5. The van der Waals surface area contributed by atoms with Gasteiger partial charge >= 0.3 is 0 Å². The van der Waals surface area contributed by atoms with Crippen molar-refractivity contribution in [1.82, 2.24) is 4.98 Å². The van der Waals surface area contributed by atoms with Crippen LogP contribution in [0.3, 0.4) is 0 Å². The summed E-state index contributed by atoms with van der Waals surface area (Å²) in [6, 6.07) is 5.64. The van der Waals surface area contributed by atoms with Crippen LogP contribution in [0.15, 0.2) is 18.3 Å². The summed E-state index contributed by atoms with van der Waals surface area (Å²) < 4.78 is 0. The number of nitrogens with zero attached hydrogens (tertiary/aromatic N) is 2. The van der Waals surface area contributed by atoms with Gasteiger partial charge in [0, 0.05) is 12.7 Å². The quantitative estimate of drug-likeness (QED) is 0.798. The molecule has 1 saturated carbocycles. The summed E-state index contributed by atoms with van der Waals surface area (Å²) in [5.74, 6) is 1.28. The van der Waals surface area contributed by atoms with Crippen molar-refractivity contribution in [1.29, 1.82) is 5.26 Å². The lowest BCUT2D eigenvalue weighted by atomic mass is 9.83. The van der Waals surface area contributed by atoms with Gasteiger partial charge in [0.2, 0.25) is 0 Å². The van der Waals surface area contributed by atoms with Crippen molar-refractivity contribution < 1.29 is 5.11 Å². The van der Waals surface area contributed by atoms with Gasteiger partial charge < -0.3 is 10.4 Å². The first-order valence-corrected chi connectivity index (χ1v) is 7.07. The average Bonchev–Trinajstić information content (AvgIpc) is 2.46. The molecule has 0 amide bonds. The molecule has 19 heavy (non-hydrogen) atoms. The van der Waals surface area contributed by atoms with E-state index in [2.05, 4.69) is 16.4 Å². The molecule has 2 N–H and O–H groups in total. The van der Waals surface area contributed by atoms with Crippen LogP contribution in [-0.2, 0) is 0 Å². The van der Waals surface area contributed by atoms with Gasteiger partial charge in [-0.05, 0) is 43.7 Å². The maximum Gasteiger partial charge on any atom is 0.125 e. The fourth-order valence-corrected chi connectivity index (χ4v) is 2.67. The molecular weight excluding hydrogens is 238 g/mol. The zero-order chi connectivity index (χ0) is 13.5. The van der Waals surface area contributed by atoms with Crippen molar-refractivity contribution in [3.8, 4) is 6.07 Å². The first kappa shape index (κ1) is 13.8. The molecule has 102 valence electrons. The molecule has 2 rings (SSSR count). The Labute approximate surface area is 114 Å². The Morgan fingerprint density at radius 3 is 2.89 bits per heavy atom. The zero-order valence-corrected chi connectivity index (χ0v) is 11.2. The molecule has 1 fully saturated rings. The molecule has 4 nitrogen and oxygen atoms in total. The Balaban J connectivity index is 1.67. The van der Waals surface area contributed by atoms with Crippen molar-refractivity contribution in [2.45, 2.75) is 44.6 Å². The van der Waals surface area contributed by atoms with Gasteiger partial charge in [-0.15, -0.1) is 0 Å². The highest BCUT2D eigenvalue weighted by atomic mass is 16.3. The van der Waals surface area contributed by atoms with E-state index in [0.29, 0.717) is 11.5 Å². The van der Waals surface area contributed by atoms with Gasteiger partial charge in [-0.3, -0.25) is 0 Å². The van der Waals surface area contributed by atoms with Gasteiger partial charge in [-0.25, -0.2) is 4.98 Å². The van der Waals surface area contributed by atoms with Crippen molar-refractivity contribution in [2.75, 3.05) is 11.9 Å². The van der Waals surface area contributed by atoms with Crippen LogP contribution in [0.25, 0.3) is 0 Å². The summed E-state index contributed by atoms with van der Waals surface area (Å²) in [5.41, 5.74) is 0.580. The number of aliphatic hydroxyl groups is 1. The van der Waals surface area contributed by atoms with Crippen molar-refractivity contribution in [3.05, 3.63) is 23.9 Å². The van der Waals surface area contributed by atoms with E-state index < -0.39 is 0 Å². The van der Waals surface area contributed by atoms with Crippen molar-refractivity contribution in [2.24, 2.45) is 5.92 Å². The van der Waals surface area contributed by atoms with Gasteiger partial charge in [-0.2, -0.15) is 5.26 Å². The average molecular weight is 259 g/mol. The molecule has 2 atom stereocenters. The number of pyridine rings is 1. The van der Waals surface area contributed by atoms with E-state index in [1.54, 1.807) is 12.3 Å². The molecule has 1 aromatic rings. The Hall–Kier alpha value is -1.60. The minimum atomic E-state index is -0.0956. The minimum absolute atomic E-state index is 0.0956. The number of aliphatic hydroxyl groups excluding tert-OH is 1. The maximum atomic E-state index is 9.88. The normalized spacial score (nSPS) is 22.7. The molecule has 0 bridgehead atoms. The van der Waals surface area contributed by atoms with Crippen molar-refractivity contribution >= 4 is 5.82 Å². The first-order valence-electron chi connectivity index (χ1n) is 7.07. The number of nitrogens with one attached hydrogen (secondary N) is 1. The van der Waals surface area contributed by atoms with E-state index in [1.807, 2.05) is 6.07 Å². The topological polar surface area (TPSA) is 68.9 Å². The van der Waals surface area contributed by atoms with Crippen LogP contribution >= 0.6 is 0 Å². The molecule has 2 unspecified atom stereocenters. The minimum Gasteiger partial charge on any atom is -0.393 e. The molecule has 1 heterocycles. The van der Waals surface area contributed by atoms with Gasteiger partial charge in [-0.1, -0.05) is 12.8 Å². The summed E-state index contributed by atoms with van der Waals surface area (Å²) in [4.78, 5) is 4.17. The Bertz CT molecular complexity index is 424. The molecule has 0 radical (unpaired) electrons. The summed E-state index contributed by atoms with van der Waals surface area (Å²) in [6.45, 7) is 0.863. The predicted molar refractivity (Wildman–Crippen MR) is 74.6 cm³/mol. The van der Waals surface area contributed by atoms with E-state index in [0.717, 1.165) is 38.0 Å². The SMILES string of the molecule is N#Cc1ccc(NCCCC2CCCCC2O)nc1. The van der Waals surface area contributed by atoms with E-state index in [1.165, 1.54) is 12.8 Å². The Morgan fingerprint density at radius 1 is 1.37 bits per heavy atom. The summed E-state index contributed by atoms with van der Waals surface area (Å²) in [7, 11) is 0. The van der Waals surface area contributed by atoms with E-state index in [4.69, 9.17) is 5.26 Å². The highest BCUT2D eigenvalue weighted by Gasteiger charge is 2.22. The smallest absolute Gasteiger partial charge is 0.125 e. The van der Waals surface area contributed by atoms with Gasteiger partial charge in [0.25, 0.3) is 0 Å². The molecule has 0 aromatic carbocycles. The second-order valence-corrected chi connectivity index (χ2v) is 5.22. The highest BCUT2D eigenvalue weighted by Crippen LogP contribution is 2.27. The Kier molecular flexibility index (Phi) is 5.17. The zero-order valence-electron chi connectivity index (χ0n) is 11.2. The molecule has 1 aromatic heterocycles. The second-order valence-electron chi connectivity index (χ2n) is 5.22. The fourth-order valence-electron chi connectivity index (χ4n) is 2.67. The lowest BCUT2D eigenvalue weighted by Crippen LogP contribution is -2.24. The molecule has 0 aliphatic heterocycles. The Morgan fingerprint density at radius 2 is 2.21 bits per heavy atom. The van der Waals surface area contributed by atoms with Gasteiger partial charge in [0.1, 0.15) is 11.9 Å². The first-order chi connectivity index (χ1) is 9.29. The van der Waals surface area contributed by atoms with E-state index >= 15 is 0 Å².